The van der Waals surface area contributed by atoms with Crippen molar-refractivity contribution in [1.82, 2.24) is 19.5 Å². The van der Waals surface area contributed by atoms with Crippen LogP contribution in [0.1, 0.15) is 51.7 Å². The van der Waals surface area contributed by atoms with Crippen molar-refractivity contribution >= 4 is 64.9 Å². The molecule has 4 heteroatoms. The van der Waals surface area contributed by atoms with Gasteiger partial charge in [-0.3, -0.25) is 0 Å². The lowest BCUT2D eigenvalue weighted by molar-refractivity contribution is 0.334. The van der Waals surface area contributed by atoms with E-state index in [-0.39, 0.29) is 10.8 Å². The van der Waals surface area contributed by atoms with E-state index in [4.69, 9.17) is 15.0 Å². The van der Waals surface area contributed by atoms with E-state index >= 15 is 0 Å². The number of fused-ring (bicyclic) bond motifs is 10. The van der Waals surface area contributed by atoms with Gasteiger partial charge in [0.25, 0.3) is 0 Å². The Kier molecular flexibility index (Phi) is 7.71. The van der Waals surface area contributed by atoms with Crippen LogP contribution in [0.15, 0.2) is 170 Å². The molecule has 11 aromatic rings. The summed E-state index contributed by atoms with van der Waals surface area (Å²) in [7, 11) is 0. The van der Waals surface area contributed by atoms with Crippen molar-refractivity contribution in [3.8, 4) is 39.9 Å². The van der Waals surface area contributed by atoms with E-state index < -0.39 is 0 Å². The summed E-state index contributed by atoms with van der Waals surface area (Å²) in [5.41, 5.74) is 9.42. The number of aromatic nitrogens is 4. The molecule has 0 saturated carbocycles. The largest absolute Gasteiger partial charge is 0.308 e. The van der Waals surface area contributed by atoms with Crippen molar-refractivity contribution in [3.63, 3.8) is 0 Å². The standard InChI is InChI=1S/C57H44N4/c1-56(2)28-29-57(3,4)51-48(56)27-26-45-46-31-36-18-8-9-19-37(36)33-50(46)61(52(45)51)49-34-40(30-38-20-11-13-23-42(38)49)54-58-53(35-16-6-5-7-17-35)59-55(60-54)47-32-39-21-10-12-22-41(39)43-24-14-15-25-44(43)47/h5-27,30-34H,28-29H2,1-4H3. The number of hydrogen-bond acceptors (Lipinski definition) is 3. The van der Waals surface area contributed by atoms with Crippen LogP contribution in [0.4, 0.5) is 0 Å². The van der Waals surface area contributed by atoms with Gasteiger partial charge in [-0.15, -0.1) is 0 Å². The first kappa shape index (κ1) is 35.7. The predicted molar refractivity (Wildman–Crippen MR) is 256 cm³/mol. The molecule has 0 bridgehead atoms. The maximum absolute atomic E-state index is 5.43. The summed E-state index contributed by atoms with van der Waals surface area (Å²) in [6.45, 7) is 9.74. The van der Waals surface area contributed by atoms with Crippen LogP contribution in [0.3, 0.4) is 0 Å². The van der Waals surface area contributed by atoms with Crippen LogP contribution < -0.4 is 0 Å². The van der Waals surface area contributed by atoms with E-state index in [1.807, 2.05) is 18.2 Å². The highest BCUT2D eigenvalue weighted by molar-refractivity contribution is 6.16. The van der Waals surface area contributed by atoms with Gasteiger partial charge in [-0.1, -0.05) is 167 Å². The average Bonchev–Trinajstić information content (AvgIpc) is 3.61. The first-order valence-corrected chi connectivity index (χ1v) is 21.5. The number of rotatable bonds is 4. The van der Waals surface area contributed by atoms with E-state index in [1.54, 1.807) is 0 Å². The Morgan fingerprint density at radius 2 is 0.984 bits per heavy atom. The van der Waals surface area contributed by atoms with Crippen molar-refractivity contribution in [2.45, 2.75) is 51.4 Å². The lowest BCUT2D eigenvalue weighted by Crippen LogP contribution is -2.34. The molecule has 0 N–H and O–H groups in total. The molecule has 4 nitrogen and oxygen atoms in total. The number of hydrogen-bond donors (Lipinski definition) is 0. The second-order valence-electron chi connectivity index (χ2n) is 18.3. The molecule has 0 fully saturated rings. The van der Waals surface area contributed by atoms with Crippen LogP contribution in [0, 0.1) is 0 Å². The van der Waals surface area contributed by atoms with Gasteiger partial charge in [0.2, 0.25) is 0 Å². The Morgan fingerprint density at radius 1 is 0.410 bits per heavy atom. The first-order chi connectivity index (χ1) is 29.7. The molecule has 292 valence electrons. The van der Waals surface area contributed by atoms with Crippen molar-refractivity contribution in [1.29, 1.82) is 0 Å². The number of nitrogens with zero attached hydrogens (tertiary/aromatic N) is 4. The van der Waals surface area contributed by atoms with Crippen molar-refractivity contribution in [2.24, 2.45) is 0 Å². The fraction of sp³-hybridized carbons (Fsp3) is 0.140. The van der Waals surface area contributed by atoms with Crippen LogP contribution in [-0.4, -0.2) is 19.5 Å². The molecule has 1 aliphatic rings. The average molecular weight is 785 g/mol. The zero-order valence-electron chi connectivity index (χ0n) is 34.9. The summed E-state index contributed by atoms with van der Waals surface area (Å²) in [5, 5.41) is 12.0. The van der Waals surface area contributed by atoms with Crippen LogP contribution in [0.25, 0.3) is 105 Å². The quantitative estimate of drug-likeness (QED) is 0.167. The van der Waals surface area contributed by atoms with Crippen molar-refractivity contribution in [2.75, 3.05) is 0 Å². The van der Waals surface area contributed by atoms with Gasteiger partial charge in [-0.2, -0.15) is 0 Å². The van der Waals surface area contributed by atoms with Gasteiger partial charge in [-0.25, -0.2) is 15.0 Å². The molecule has 0 radical (unpaired) electrons. The highest BCUT2D eigenvalue weighted by Gasteiger charge is 2.40. The van der Waals surface area contributed by atoms with Crippen LogP contribution in [0.2, 0.25) is 0 Å². The lowest BCUT2D eigenvalue weighted by atomic mass is 9.62. The summed E-state index contributed by atoms with van der Waals surface area (Å²) >= 11 is 0. The van der Waals surface area contributed by atoms with Crippen molar-refractivity contribution in [3.05, 3.63) is 181 Å². The van der Waals surface area contributed by atoms with Gasteiger partial charge in [0, 0.05) is 32.8 Å². The lowest BCUT2D eigenvalue weighted by Gasteiger charge is -2.42. The van der Waals surface area contributed by atoms with Gasteiger partial charge in [-0.05, 0) is 103 Å². The monoisotopic (exact) mass is 784 g/mol. The molecule has 9 aromatic carbocycles. The normalized spacial score (nSPS) is 14.7. The molecule has 2 aromatic heterocycles. The smallest absolute Gasteiger partial charge is 0.164 e. The second-order valence-corrected chi connectivity index (χ2v) is 18.3. The third kappa shape index (κ3) is 5.55. The fourth-order valence-electron chi connectivity index (χ4n) is 10.4. The Morgan fingerprint density at radius 3 is 1.74 bits per heavy atom. The molecular formula is C57H44N4. The van der Waals surface area contributed by atoms with E-state index in [0.717, 1.165) is 51.4 Å². The summed E-state index contributed by atoms with van der Waals surface area (Å²) in [6, 6.07) is 61.5. The molecule has 0 saturated heterocycles. The van der Waals surface area contributed by atoms with Gasteiger partial charge < -0.3 is 4.57 Å². The highest BCUT2D eigenvalue weighted by atomic mass is 15.0. The molecule has 0 atom stereocenters. The highest BCUT2D eigenvalue weighted by Crippen LogP contribution is 2.51. The van der Waals surface area contributed by atoms with E-state index in [0.29, 0.717) is 17.5 Å². The predicted octanol–water partition coefficient (Wildman–Crippen LogP) is 14.9. The maximum atomic E-state index is 5.43. The third-order valence-corrected chi connectivity index (χ3v) is 13.6. The molecule has 12 rings (SSSR count). The minimum Gasteiger partial charge on any atom is -0.308 e. The Hall–Kier alpha value is -7.17. The molecule has 0 unspecified atom stereocenters. The minimum atomic E-state index is -0.0281. The van der Waals surface area contributed by atoms with E-state index in [2.05, 4.69) is 184 Å². The molecular weight excluding hydrogens is 741 g/mol. The summed E-state index contributed by atoms with van der Waals surface area (Å²) in [4.78, 5) is 16.0. The molecule has 1 aliphatic carbocycles. The third-order valence-electron chi connectivity index (χ3n) is 13.6. The second kappa shape index (κ2) is 13.2. The summed E-state index contributed by atoms with van der Waals surface area (Å²) in [6.07, 6.45) is 2.27. The molecule has 0 spiro atoms. The van der Waals surface area contributed by atoms with Crippen LogP contribution >= 0.6 is 0 Å². The van der Waals surface area contributed by atoms with Gasteiger partial charge in [0.15, 0.2) is 17.5 Å². The Labute approximate surface area is 355 Å². The van der Waals surface area contributed by atoms with Crippen molar-refractivity contribution < 1.29 is 0 Å². The van der Waals surface area contributed by atoms with Crippen LogP contribution in [-0.2, 0) is 10.8 Å². The molecule has 0 amide bonds. The summed E-state index contributed by atoms with van der Waals surface area (Å²) in [5.74, 6) is 1.94. The van der Waals surface area contributed by atoms with Crippen LogP contribution in [0.5, 0.6) is 0 Å². The zero-order chi connectivity index (χ0) is 41.0. The molecule has 2 heterocycles. The number of benzene rings is 9. The van der Waals surface area contributed by atoms with Gasteiger partial charge >= 0.3 is 0 Å². The van der Waals surface area contributed by atoms with Gasteiger partial charge in [0.05, 0.1) is 16.7 Å². The SMILES string of the molecule is CC1(C)CCC(C)(C)c2c1ccc1c3cc4ccccc4cc3n(-c3cc(-c4nc(-c5ccccc5)nc(-c5cc6ccccc6c6ccccc56)n4)cc4ccccc34)c21. The topological polar surface area (TPSA) is 43.6 Å². The van der Waals surface area contributed by atoms with Gasteiger partial charge in [0.1, 0.15) is 0 Å². The first-order valence-electron chi connectivity index (χ1n) is 21.5. The van der Waals surface area contributed by atoms with E-state index in [9.17, 15) is 0 Å². The Balaban J connectivity index is 1.20. The zero-order valence-corrected chi connectivity index (χ0v) is 34.9. The minimum absolute atomic E-state index is 0.0281. The molecule has 61 heavy (non-hydrogen) atoms. The van der Waals surface area contributed by atoms with E-state index in [1.165, 1.54) is 59.9 Å². The maximum Gasteiger partial charge on any atom is 0.164 e. The Bertz CT molecular complexity index is 3590. The summed E-state index contributed by atoms with van der Waals surface area (Å²) < 4.78 is 2.59. The molecule has 0 aliphatic heterocycles. The fourth-order valence-corrected chi connectivity index (χ4v) is 10.4.